The lowest BCUT2D eigenvalue weighted by Gasteiger charge is -2.18. The molecule has 0 radical (unpaired) electrons. The minimum Gasteiger partial charge on any atom is -0.497 e. The van der Waals surface area contributed by atoms with Crippen molar-refractivity contribution in [1.29, 1.82) is 0 Å². The number of carbonyl (C=O) groups excluding carboxylic acids is 1. The zero-order valence-electron chi connectivity index (χ0n) is 13.0. The predicted molar refractivity (Wildman–Crippen MR) is 94.6 cm³/mol. The van der Waals surface area contributed by atoms with E-state index in [1.165, 1.54) is 0 Å². The van der Waals surface area contributed by atoms with Gasteiger partial charge in [-0.15, -0.1) is 0 Å². The van der Waals surface area contributed by atoms with Gasteiger partial charge in [0.1, 0.15) is 11.5 Å². The molecule has 0 bridgehead atoms. The second-order valence-electron chi connectivity index (χ2n) is 4.93. The van der Waals surface area contributed by atoms with Crippen molar-refractivity contribution in [1.82, 2.24) is 5.32 Å². The van der Waals surface area contributed by atoms with Crippen LogP contribution in [0, 0.1) is 0 Å². The monoisotopic (exact) mass is 397 g/mol. The van der Waals surface area contributed by atoms with E-state index in [0.717, 1.165) is 5.56 Å². The number of amides is 1. The summed E-state index contributed by atoms with van der Waals surface area (Å²) in [5.74, 6) is 1.13. The van der Waals surface area contributed by atoms with E-state index in [9.17, 15) is 4.79 Å². The highest BCUT2D eigenvalue weighted by atomic mass is 79.9. The van der Waals surface area contributed by atoms with Gasteiger partial charge in [-0.1, -0.05) is 11.6 Å². The van der Waals surface area contributed by atoms with Crippen molar-refractivity contribution in [3.63, 3.8) is 0 Å². The molecule has 1 atom stereocenters. The second kappa shape index (κ2) is 7.70. The van der Waals surface area contributed by atoms with Gasteiger partial charge in [0.15, 0.2) is 0 Å². The number of carbonyl (C=O) groups is 1. The van der Waals surface area contributed by atoms with E-state index in [1.807, 2.05) is 19.1 Å². The summed E-state index contributed by atoms with van der Waals surface area (Å²) < 4.78 is 11.2. The lowest BCUT2D eigenvalue weighted by Crippen LogP contribution is -2.27. The Balaban J connectivity index is 2.23. The molecule has 0 aliphatic heterocycles. The molecule has 0 aromatic heterocycles. The van der Waals surface area contributed by atoms with E-state index < -0.39 is 0 Å². The molecule has 0 heterocycles. The van der Waals surface area contributed by atoms with Crippen molar-refractivity contribution in [3.8, 4) is 11.5 Å². The Morgan fingerprint density at radius 2 is 1.91 bits per heavy atom. The summed E-state index contributed by atoms with van der Waals surface area (Å²) in [7, 11) is 3.18. The van der Waals surface area contributed by atoms with Crippen LogP contribution in [-0.4, -0.2) is 20.1 Å². The van der Waals surface area contributed by atoms with Crippen LogP contribution in [0.2, 0.25) is 5.02 Å². The van der Waals surface area contributed by atoms with Crippen molar-refractivity contribution >= 4 is 33.4 Å². The third-order valence-electron chi connectivity index (χ3n) is 3.43. The topological polar surface area (TPSA) is 47.6 Å². The largest absolute Gasteiger partial charge is 0.497 e. The first-order valence-corrected chi connectivity index (χ1v) is 8.11. The highest BCUT2D eigenvalue weighted by Gasteiger charge is 2.17. The number of methoxy groups -OCH3 is 2. The van der Waals surface area contributed by atoms with E-state index in [0.29, 0.717) is 26.6 Å². The lowest BCUT2D eigenvalue weighted by atomic mass is 10.1. The van der Waals surface area contributed by atoms with Gasteiger partial charge in [-0.05, 0) is 53.2 Å². The van der Waals surface area contributed by atoms with E-state index >= 15 is 0 Å². The first-order chi connectivity index (χ1) is 11.0. The van der Waals surface area contributed by atoms with Crippen LogP contribution in [0.15, 0.2) is 40.9 Å². The molecule has 1 N–H and O–H groups in total. The molecule has 0 spiro atoms. The van der Waals surface area contributed by atoms with Gasteiger partial charge in [0.25, 0.3) is 5.91 Å². The zero-order valence-corrected chi connectivity index (χ0v) is 15.4. The Bertz CT molecular complexity index is 721. The fourth-order valence-corrected chi connectivity index (χ4v) is 2.80. The predicted octanol–water partition coefficient (Wildman–Crippen LogP) is 4.61. The lowest BCUT2D eigenvalue weighted by molar-refractivity contribution is 0.0938. The Labute approximate surface area is 148 Å². The number of nitrogens with one attached hydrogen (secondary N) is 1. The van der Waals surface area contributed by atoms with E-state index in [-0.39, 0.29) is 11.9 Å². The summed E-state index contributed by atoms with van der Waals surface area (Å²) in [5.41, 5.74) is 1.34. The number of hydrogen-bond acceptors (Lipinski definition) is 3. The van der Waals surface area contributed by atoms with Crippen molar-refractivity contribution in [2.24, 2.45) is 0 Å². The molecule has 0 fully saturated rings. The molecule has 2 aromatic carbocycles. The SMILES string of the molecule is COc1ccc(C(C)NC(=O)c2cc(Cl)ccc2Br)c(OC)c1. The fraction of sp³-hybridized carbons (Fsp3) is 0.235. The minimum atomic E-state index is -0.241. The number of benzene rings is 2. The van der Waals surface area contributed by atoms with E-state index in [1.54, 1.807) is 38.5 Å². The standard InChI is InChI=1S/C17H17BrClNO3/c1-10(13-6-5-12(22-2)9-16(13)23-3)20-17(21)14-8-11(19)4-7-15(14)18/h4-10H,1-3H3,(H,20,21). The normalized spacial score (nSPS) is 11.7. The van der Waals surface area contributed by atoms with Crippen molar-refractivity contribution in [3.05, 3.63) is 57.0 Å². The van der Waals surface area contributed by atoms with Crippen molar-refractivity contribution < 1.29 is 14.3 Å². The van der Waals surface area contributed by atoms with Crippen LogP contribution in [-0.2, 0) is 0 Å². The van der Waals surface area contributed by atoms with Gasteiger partial charge in [-0.2, -0.15) is 0 Å². The zero-order chi connectivity index (χ0) is 17.0. The molecule has 1 amide bonds. The summed E-state index contributed by atoms with van der Waals surface area (Å²) in [6.45, 7) is 1.89. The summed E-state index contributed by atoms with van der Waals surface area (Å²) in [6, 6.07) is 10.3. The van der Waals surface area contributed by atoms with Crippen LogP contribution in [0.1, 0.15) is 28.9 Å². The molecule has 122 valence electrons. The van der Waals surface area contributed by atoms with Gasteiger partial charge in [-0.25, -0.2) is 0 Å². The Morgan fingerprint density at radius 3 is 2.57 bits per heavy atom. The maximum Gasteiger partial charge on any atom is 0.252 e. The van der Waals surface area contributed by atoms with Crippen molar-refractivity contribution in [2.75, 3.05) is 14.2 Å². The Hall–Kier alpha value is -1.72. The van der Waals surface area contributed by atoms with Gasteiger partial charge >= 0.3 is 0 Å². The molecule has 1 unspecified atom stereocenters. The number of rotatable bonds is 5. The summed E-state index contributed by atoms with van der Waals surface area (Å²) in [6.07, 6.45) is 0. The average Bonchev–Trinajstić information content (AvgIpc) is 2.56. The molecule has 23 heavy (non-hydrogen) atoms. The molecular weight excluding hydrogens is 382 g/mol. The number of halogens is 2. The molecular formula is C17H17BrClNO3. The van der Waals surface area contributed by atoms with Gasteiger partial charge in [0.2, 0.25) is 0 Å². The van der Waals surface area contributed by atoms with Crippen LogP contribution >= 0.6 is 27.5 Å². The molecule has 2 rings (SSSR count). The molecule has 0 saturated heterocycles. The van der Waals surface area contributed by atoms with Crippen LogP contribution < -0.4 is 14.8 Å². The average molecular weight is 399 g/mol. The van der Waals surface area contributed by atoms with Gasteiger partial charge in [0, 0.05) is 21.1 Å². The molecule has 0 saturated carbocycles. The van der Waals surface area contributed by atoms with Gasteiger partial charge in [-0.3, -0.25) is 4.79 Å². The summed E-state index contributed by atoms with van der Waals surface area (Å²) in [4.78, 5) is 12.5. The van der Waals surface area contributed by atoms with Crippen LogP contribution in [0.25, 0.3) is 0 Å². The maximum absolute atomic E-state index is 12.5. The fourth-order valence-electron chi connectivity index (χ4n) is 2.20. The number of ether oxygens (including phenoxy) is 2. The minimum absolute atomic E-state index is 0.218. The molecule has 2 aromatic rings. The Kier molecular flexibility index (Phi) is 5.91. The van der Waals surface area contributed by atoms with Gasteiger partial charge < -0.3 is 14.8 Å². The molecule has 4 nitrogen and oxygen atoms in total. The first-order valence-electron chi connectivity index (χ1n) is 6.94. The summed E-state index contributed by atoms with van der Waals surface area (Å²) in [5, 5.41) is 3.45. The van der Waals surface area contributed by atoms with E-state index in [4.69, 9.17) is 21.1 Å². The molecule has 0 aliphatic rings. The number of hydrogen-bond donors (Lipinski definition) is 1. The van der Waals surface area contributed by atoms with E-state index in [2.05, 4.69) is 21.2 Å². The molecule has 6 heteroatoms. The van der Waals surface area contributed by atoms with Crippen molar-refractivity contribution in [2.45, 2.75) is 13.0 Å². The quantitative estimate of drug-likeness (QED) is 0.800. The molecule has 0 aliphatic carbocycles. The highest BCUT2D eigenvalue weighted by molar-refractivity contribution is 9.10. The third kappa shape index (κ3) is 4.18. The van der Waals surface area contributed by atoms with Crippen LogP contribution in [0.3, 0.4) is 0 Å². The van der Waals surface area contributed by atoms with Crippen LogP contribution in [0.4, 0.5) is 0 Å². The summed E-state index contributed by atoms with van der Waals surface area (Å²) >= 11 is 9.32. The Morgan fingerprint density at radius 1 is 1.17 bits per heavy atom. The highest BCUT2D eigenvalue weighted by Crippen LogP contribution is 2.30. The maximum atomic E-state index is 12.5. The van der Waals surface area contributed by atoms with Crippen LogP contribution in [0.5, 0.6) is 11.5 Å². The van der Waals surface area contributed by atoms with Gasteiger partial charge in [0.05, 0.1) is 25.8 Å². The third-order valence-corrected chi connectivity index (χ3v) is 4.35. The first kappa shape index (κ1) is 17.6. The second-order valence-corrected chi connectivity index (χ2v) is 6.22. The smallest absolute Gasteiger partial charge is 0.252 e.